The summed E-state index contributed by atoms with van der Waals surface area (Å²) in [6, 6.07) is 6.96. The van der Waals surface area contributed by atoms with E-state index in [0.29, 0.717) is 12.0 Å². The molecule has 146 valence electrons. The summed E-state index contributed by atoms with van der Waals surface area (Å²) in [6.07, 6.45) is 2.46. The molecule has 0 fully saturated rings. The third kappa shape index (κ3) is 3.82. The average molecular weight is 383 g/mol. The fraction of sp³-hybridized carbons (Fsp3) is 0.368. The van der Waals surface area contributed by atoms with Gasteiger partial charge in [-0.1, -0.05) is 24.3 Å². The monoisotopic (exact) mass is 383 g/mol. The standard InChI is InChI=1S/C19H22BN3O5/c24-16(8-11-7-13-4-2-6-21-18(13)22-10-11)23-15-9-12-3-1-5-14(19(25)26)17(12)28-20(15)27/h1,3,5,7,10,15,19,25-27H,2,4,6,8-9H2,(H,21,22)(H,23,24)/t15-/m0/s1. The summed E-state index contributed by atoms with van der Waals surface area (Å²) >= 11 is 0. The van der Waals surface area contributed by atoms with Crippen LogP contribution in [0.5, 0.6) is 5.75 Å². The highest BCUT2D eigenvalue weighted by Crippen LogP contribution is 2.33. The number of hydrogen-bond acceptors (Lipinski definition) is 7. The van der Waals surface area contributed by atoms with Gasteiger partial charge in [-0.05, 0) is 36.0 Å². The Morgan fingerprint density at radius 3 is 3.07 bits per heavy atom. The van der Waals surface area contributed by atoms with Gasteiger partial charge >= 0.3 is 7.12 Å². The van der Waals surface area contributed by atoms with Crippen molar-refractivity contribution in [3.8, 4) is 5.75 Å². The number of benzene rings is 1. The van der Waals surface area contributed by atoms with E-state index in [4.69, 9.17) is 4.65 Å². The molecule has 28 heavy (non-hydrogen) atoms. The second-order valence-corrected chi connectivity index (χ2v) is 7.15. The molecule has 2 aliphatic heterocycles. The summed E-state index contributed by atoms with van der Waals surface area (Å²) in [5.41, 5.74) is 2.82. The van der Waals surface area contributed by atoms with E-state index < -0.39 is 19.3 Å². The molecular formula is C19H22BN3O5. The molecule has 0 spiro atoms. The van der Waals surface area contributed by atoms with Crippen LogP contribution < -0.4 is 15.3 Å². The van der Waals surface area contributed by atoms with Crippen molar-refractivity contribution in [2.45, 2.75) is 37.9 Å². The number of pyridine rings is 1. The van der Waals surface area contributed by atoms with Crippen molar-refractivity contribution in [2.24, 2.45) is 0 Å². The van der Waals surface area contributed by atoms with Crippen molar-refractivity contribution >= 4 is 18.8 Å². The molecule has 0 saturated carbocycles. The van der Waals surface area contributed by atoms with Crippen molar-refractivity contribution in [3.63, 3.8) is 0 Å². The summed E-state index contributed by atoms with van der Waals surface area (Å²) in [5.74, 6) is 0.269. The van der Waals surface area contributed by atoms with E-state index in [0.717, 1.165) is 36.3 Å². The lowest BCUT2D eigenvalue weighted by Crippen LogP contribution is -2.53. The molecule has 0 aliphatic carbocycles. The predicted octanol–water partition coefficient (Wildman–Crippen LogP) is 0.105. The molecule has 3 heterocycles. The molecule has 2 aliphatic rings. The van der Waals surface area contributed by atoms with Gasteiger partial charge in [0, 0.05) is 18.3 Å². The summed E-state index contributed by atoms with van der Waals surface area (Å²) in [7, 11) is -1.28. The summed E-state index contributed by atoms with van der Waals surface area (Å²) in [5, 5.41) is 35.2. The highest BCUT2D eigenvalue weighted by atomic mass is 16.5. The minimum atomic E-state index is -1.70. The van der Waals surface area contributed by atoms with Crippen LogP contribution in [0.3, 0.4) is 0 Å². The number of rotatable bonds is 4. The number of fused-ring (bicyclic) bond motifs is 2. The highest BCUT2D eigenvalue weighted by Gasteiger charge is 2.37. The largest absolute Gasteiger partial charge is 0.547 e. The lowest BCUT2D eigenvalue weighted by molar-refractivity contribution is -0.120. The third-order valence-electron chi connectivity index (χ3n) is 5.08. The Morgan fingerprint density at radius 1 is 1.39 bits per heavy atom. The Morgan fingerprint density at radius 2 is 2.25 bits per heavy atom. The number of nitrogens with zero attached hydrogens (tertiary/aromatic N) is 1. The molecule has 1 aromatic carbocycles. The van der Waals surface area contributed by atoms with Gasteiger partial charge in [-0.3, -0.25) is 4.79 Å². The molecule has 1 amide bonds. The maximum atomic E-state index is 12.5. The second kappa shape index (κ2) is 7.79. The van der Waals surface area contributed by atoms with Crippen LogP contribution in [0, 0.1) is 0 Å². The van der Waals surface area contributed by atoms with Crippen molar-refractivity contribution in [1.82, 2.24) is 10.3 Å². The first-order valence-corrected chi connectivity index (χ1v) is 9.35. The van der Waals surface area contributed by atoms with E-state index in [9.17, 15) is 20.0 Å². The number of carbonyl (C=O) groups is 1. The number of aliphatic hydroxyl groups excluding tert-OH is 1. The highest BCUT2D eigenvalue weighted by molar-refractivity contribution is 6.46. The quantitative estimate of drug-likeness (QED) is 0.375. The molecule has 0 radical (unpaired) electrons. The Balaban J connectivity index is 1.43. The van der Waals surface area contributed by atoms with Crippen LogP contribution >= 0.6 is 0 Å². The van der Waals surface area contributed by atoms with E-state index >= 15 is 0 Å². The van der Waals surface area contributed by atoms with Crippen LogP contribution in [0.1, 0.15) is 35.0 Å². The predicted molar refractivity (Wildman–Crippen MR) is 103 cm³/mol. The van der Waals surface area contributed by atoms with Crippen molar-refractivity contribution in [1.29, 1.82) is 0 Å². The van der Waals surface area contributed by atoms with Gasteiger partial charge in [-0.2, -0.15) is 0 Å². The van der Waals surface area contributed by atoms with E-state index in [1.807, 2.05) is 6.07 Å². The SMILES string of the molecule is O=C(Cc1cnc2c(c1)CCCN2)N[C@H]1Cc2cccc(C(O)O)c2OB1O. The number of anilines is 1. The van der Waals surface area contributed by atoms with Gasteiger partial charge in [-0.15, -0.1) is 0 Å². The first kappa shape index (κ1) is 18.7. The first-order valence-electron chi connectivity index (χ1n) is 9.35. The molecule has 1 aromatic heterocycles. The van der Waals surface area contributed by atoms with Crippen molar-refractivity contribution in [3.05, 3.63) is 52.7 Å². The zero-order valence-corrected chi connectivity index (χ0v) is 15.3. The molecule has 0 bridgehead atoms. The second-order valence-electron chi connectivity index (χ2n) is 7.15. The number of aryl methyl sites for hydroxylation is 1. The van der Waals surface area contributed by atoms with Crippen LogP contribution in [-0.2, 0) is 24.1 Å². The minimum absolute atomic E-state index is 0.158. The molecule has 5 N–H and O–H groups in total. The molecule has 0 unspecified atom stereocenters. The number of carbonyl (C=O) groups excluding carboxylic acids is 1. The Bertz CT molecular complexity index is 892. The van der Waals surface area contributed by atoms with Crippen LogP contribution in [0.2, 0.25) is 0 Å². The van der Waals surface area contributed by atoms with E-state index in [1.54, 1.807) is 18.3 Å². The molecule has 1 atom stereocenters. The zero-order chi connectivity index (χ0) is 19.7. The lowest BCUT2D eigenvalue weighted by Gasteiger charge is -2.29. The van der Waals surface area contributed by atoms with Crippen LogP contribution in [0.25, 0.3) is 0 Å². The summed E-state index contributed by atoms with van der Waals surface area (Å²) < 4.78 is 5.46. The van der Waals surface area contributed by atoms with Gasteiger partial charge in [0.1, 0.15) is 11.6 Å². The van der Waals surface area contributed by atoms with E-state index in [1.165, 1.54) is 6.07 Å². The van der Waals surface area contributed by atoms with Gasteiger partial charge in [0.15, 0.2) is 6.29 Å². The zero-order valence-electron chi connectivity index (χ0n) is 15.3. The van der Waals surface area contributed by atoms with Crippen molar-refractivity contribution < 1.29 is 24.7 Å². The number of amides is 1. The molecule has 8 nitrogen and oxygen atoms in total. The van der Waals surface area contributed by atoms with E-state index in [2.05, 4.69) is 15.6 Å². The molecular weight excluding hydrogens is 361 g/mol. The van der Waals surface area contributed by atoms with Gasteiger partial charge in [-0.25, -0.2) is 4.98 Å². The average Bonchev–Trinajstić information content (AvgIpc) is 2.68. The Hall–Kier alpha value is -2.62. The van der Waals surface area contributed by atoms with Gasteiger partial charge < -0.3 is 30.5 Å². The smallest absolute Gasteiger partial charge is 0.534 e. The Labute approximate surface area is 162 Å². The summed E-state index contributed by atoms with van der Waals surface area (Å²) in [6.45, 7) is 0.913. The fourth-order valence-corrected chi connectivity index (χ4v) is 3.71. The number of hydrogen-bond donors (Lipinski definition) is 5. The van der Waals surface area contributed by atoms with Gasteiger partial charge in [0.05, 0.1) is 12.4 Å². The number of nitrogens with one attached hydrogen (secondary N) is 2. The molecule has 9 heteroatoms. The van der Waals surface area contributed by atoms with Crippen LogP contribution in [0.4, 0.5) is 5.82 Å². The number of aliphatic hydroxyl groups is 2. The minimum Gasteiger partial charge on any atom is -0.534 e. The molecule has 4 rings (SSSR count). The fourth-order valence-electron chi connectivity index (χ4n) is 3.71. The van der Waals surface area contributed by atoms with Crippen LogP contribution in [-0.4, -0.2) is 45.7 Å². The number of para-hydroxylation sites is 1. The maximum absolute atomic E-state index is 12.5. The third-order valence-corrected chi connectivity index (χ3v) is 5.08. The van der Waals surface area contributed by atoms with E-state index in [-0.39, 0.29) is 23.6 Å². The summed E-state index contributed by atoms with van der Waals surface area (Å²) in [4.78, 5) is 16.9. The van der Waals surface area contributed by atoms with Crippen LogP contribution in [0.15, 0.2) is 30.5 Å². The molecule has 2 aromatic rings. The van der Waals surface area contributed by atoms with Gasteiger partial charge in [0.2, 0.25) is 5.91 Å². The lowest BCUT2D eigenvalue weighted by atomic mass is 9.72. The normalized spacial score (nSPS) is 18.0. The molecule has 0 saturated heterocycles. The topological polar surface area (TPSA) is 124 Å². The van der Waals surface area contributed by atoms with Crippen molar-refractivity contribution in [2.75, 3.05) is 11.9 Å². The maximum Gasteiger partial charge on any atom is 0.547 e. The van der Waals surface area contributed by atoms with Gasteiger partial charge in [0.25, 0.3) is 0 Å². The number of aromatic nitrogens is 1. The Kier molecular flexibility index (Phi) is 5.21. The first-order chi connectivity index (χ1) is 13.5.